The van der Waals surface area contributed by atoms with Gasteiger partial charge in [0.2, 0.25) is 0 Å². The van der Waals surface area contributed by atoms with Crippen LogP contribution in [-0.4, -0.2) is 24.4 Å². The van der Waals surface area contributed by atoms with Gasteiger partial charge >= 0.3 is 0 Å². The van der Waals surface area contributed by atoms with Crippen LogP contribution in [0.2, 0.25) is 0 Å². The van der Waals surface area contributed by atoms with Crippen molar-refractivity contribution in [1.82, 2.24) is 15.5 Å². The zero-order chi connectivity index (χ0) is 15.4. The monoisotopic (exact) mass is 289 g/mol. The van der Waals surface area contributed by atoms with Crippen molar-refractivity contribution in [2.24, 2.45) is 0 Å². The van der Waals surface area contributed by atoms with Crippen molar-refractivity contribution in [1.29, 1.82) is 0 Å². The number of methoxy groups -OCH3 is 1. The summed E-state index contributed by atoms with van der Waals surface area (Å²) in [5.41, 5.74) is 3.74. The Hall–Kier alpha value is -2.01. The van der Waals surface area contributed by atoms with Gasteiger partial charge in [-0.2, -0.15) is 10.2 Å². The molecule has 0 aliphatic heterocycles. The summed E-state index contributed by atoms with van der Waals surface area (Å²) < 4.78 is 18.7. The minimum absolute atomic E-state index is 0.0620. The van der Waals surface area contributed by atoms with Crippen LogP contribution in [0.4, 0.5) is 4.39 Å². The maximum absolute atomic E-state index is 13.8. The zero-order valence-electron chi connectivity index (χ0n) is 12.8. The number of aromatic nitrogens is 2. The van der Waals surface area contributed by atoms with Crippen LogP contribution >= 0.6 is 0 Å². The molecule has 0 radical (unpaired) electrons. The largest absolute Gasteiger partial charge is 0.494 e. The van der Waals surface area contributed by atoms with Gasteiger partial charge in [-0.1, -0.05) is 6.07 Å². The Labute approximate surface area is 124 Å². The van der Waals surface area contributed by atoms with Gasteiger partial charge in [0.1, 0.15) is 0 Å². The fraction of sp³-hybridized carbons (Fsp3) is 0.375. The minimum atomic E-state index is -0.342. The Morgan fingerprint density at radius 2 is 2.00 bits per heavy atom. The van der Waals surface area contributed by atoms with E-state index in [0.717, 1.165) is 22.5 Å². The first-order chi connectivity index (χ1) is 10.0. The van der Waals surface area contributed by atoms with Crippen molar-refractivity contribution in [3.05, 3.63) is 52.6 Å². The van der Waals surface area contributed by atoms with Gasteiger partial charge in [0.15, 0.2) is 11.6 Å². The summed E-state index contributed by atoms with van der Waals surface area (Å²) in [5, 5.41) is 11.5. The number of hydrogen-bond acceptors (Lipinski definition) is 4. The Morgan fingerprint density at radius 1 is 1.24 bits per heavy atom. The number of likely N-dealkylation sites (N-methyl/N-ethyl adjacent to an activating group) is 1. The normalized spacial score (nSPS) is 12.2. The lowest BCUT2D eigenvalue weighted by Gasteiger charge is -2.19. The summed E-state index contributed by atoms with van der Waals surface area (Å²) >= 11 is 0. The lowest BCUT2D eigenvalue weighted by Crippen LogP contribution is -2.21. The molecule has 2 aromatic rings. The van der Waals surface area contributed by atoms with Crippen LogP contribution < -0.4 is 10.1 Å². The molecule has 0 bridgehead atoms. The molecule has 0 amide bonds. The zero-order valence-corrected chi connectivity index (χ0v) is 12.8. The molecule has 0 saturated heterocycles. The lowest BCUT2D eigenvalue weighted by molar-refractivity contribution is 0.386. The van der Waals surface area contributed by atoms with Gasteiger partial charge in [0.05, 0.1) is 18.5 Å². The summed E-state index contributed by atoms with van der Waals surface area (Å²) in [6, 6.07) is 7.12. The van der Waals surface area contributed by atoms with E-state index in [1.807, 2.05) is 33.0 Å². The van der Waals surface area contributed by atoms with Crippen molar-refractivity contribution < 1.29 is 9.13 Å². The average Bonchev–Trinajstić information content (AvgIpc) is 2.47. The number of rotatable bonds is 5. The quantitative estimate of drug-likeness (QED) is 0.919. The van der Waals surface area contributed by atoms with Crippen LogP contribution in [-0.2, 0) is 6.42 Å². The van der Waals surface area contributed by atoms with E-state index < -0.39 is 0 Å². The highest BCUT2D eigenvalue weighted by molar-refractivity contribution is 5.32. The number of hydrogen-bond donors (Lipinski definition) is 1. The van der Waals surface area contributed by atoms with E-state index in [9.17, 15) is 4.39 Å². The van der Waals surface area contributed by atoms with Crippen LogP contribution in [0.25, 0.3) is 0 Å². The van der Waals surface area contributed by atoms with Crippen LogP contribution in [0.1, 0.15) is 28.6 Å². The fourth-order valence-corrected chi connectivity index (χ4v) is 2.36. The highest BCUT2D eigenvalue weighted by Crippen LogP contribution is 2.24. The first-order valence-electron chi connectivity index (χ1n) is 6.85. The smallest absolute Gasteiger partial charge is 0.165 e. The molecule has 0 spiro atoms. The minimum Gasteiger partial charge on any atom is -0.494 e. The number of benzene rings is 1. The van der Waals surface area contributed by atoms with E-state index in [0.29, 0.717) is 6.42 Å². The third-order valence-corrected chi connectivity index (χ3v) is 3.52. The van der Waals surface area contributed by atoms with Gasteiger partial charge in [-0.15, -0.1) is 0 Å². The molecule has 4 nitrogen and oxygen atoms in total. The standard InChI is InChI=1S/C16H20FN3O/c1-10-7-13(11(2)20-19-10)15(18-3)9-12-5-6-16(21-4)14(17)8-12/h5-8,15,18H,9H2,1-4H3. The predicted octanol–water partition coefficient (Wildman–Crippen LogP) is 2.74. The second-order valence-corrected chi connectivity index (χ2v) is 5.04. The number of aryl methyl sites for hydroxylation is 2. The van der Waals surface area contributed by atoms with Crippen molar-refractivity contribution in [3.63, 3.8) is 0 Å². The van der Waals surface area contributed by atoms with Crippen molar-refractivity contribution in [2.75, 3.05) is 14.2 Å². The molecule has 0 aliphatic rings. The van der Waals surface area contributed by atoms with Crippen molar-refractivity contribution in [2.45, 2.75) is 26.3 Å². The van der Waals surface area contributed by atoms with Crippen molar-refractivity contribution in [3.8, 4) is 5.75 Å². The van der Waals surface area contributed by atoms with Gasteiger partial charge < -0.3 is 10.1 Å². The third-order valence-electron chi connectivity index (χ3n) is 3.52. The number of ether oxygens (including phenoxy) is 1. The molecule has 1 N–H and O–H groups in total. The maximum Gasteiger partial charge on any atom is 0.165 e. The molecule has 1 unspecified atom stereocenters. The first-order valence-corrected chi connectivity index (χ1v) is 6.85. The average molecular weight is 289 g/mol. The maximum atomic E-state index is 13.8. The van der Waals surface area contributed by atoms with Crippen LogP contribution in [0, 0.1) is 19.7 Å². The SMILES string of the molecule is CNC(Cc1ccc(OC)c(F)c1)c1cc(C)nnc1C. The molecule has 1 aromatic carbocycles. The lowest BCUT2D eigenvalue weighted by atomic mass is 9.97. The van der Waals surface area contributed by atoms with Crippen LogP contribution in [0.3, 0.4) is 0 Å². The summed E-state index contributed by atoms with van der Waals surface area (Å²) in [6.45, 7) is 3.84. The topological polar surface area (TPSA) is 47.0 Å². The van der Waals surface area contributed by atoms with E-state index in [1.54, 1.807) is 6.07 Å². The van der Waals surface area contributed by atoms with E-state index in [4.69, 9.17) is 4.74 Å². The predicted molar refractivity (Wildman–Crippen MR) is 80.0 cm³/mol. The first kappa shape index (κ1) is 15.4. The summed E-state index contributed by atoms with van der Waals surface area (Å²) in [5.74, 6) is -0.0806. The van der Waals surface area contributed by atoms with E-state index in [2.05, 4.69) is 15.5 Å². The molecule has 2 rings (SSSR count). The molecular formula is C16H20FN3O. The van der Waals surface area contributed by atoms with E-state index >= 15 is 0 Å². The molecule has 0 aliphatic carbocycles. The number of nitrogens with zero attached hydrogens (tertiary/aromatic N) is 2. The summed E-state index contributed by atoms with van der Waals surface area (Å²) in [7, 11) is 3.35. The molecule has 0 fully saturated rings. The number of halogens is 1. The van der Waals surface area contributed by atoms with Gasteiger partial charge in [-0.3, -0.25) is 0 Å². The highest BCUT2D eigenvalue weighted by Gasteiger charge is 2.15. The van der Waals surface area contributed by atoms with Gasteiger partial charge in [0.25, 0.3) is 0 Å². The Bertz CT molecular complexity index is 631. The molecule has 5 heteroatoms. The molecule has 21 heavy (non-hydrogen) atoms. The Morgan fingerprint density at radius 3 is 2.62 bits per heavy atom. The molecule has 0 saturated carbocycles. The molecule has 1 aromatic heterocycles. The number of nitrogens with one attached hydrogen (secondary N) is 1. The van der Waals surface area contributed by atoms with Gasteiger partial charge in [-0.05, 0) is 56.6 Å². The Kier molecular flexibility index (Phi) is 4.85. The van der Waals surface area contributed by atoms with Crippen molar-refractivity contribution >= 4 is 0 Å². The second kappa shape index (κ2) is 6.63. The molecule has 112 valence electrons. The summed E-state index contributed by atoms with van der Waals surface area (Å²) in [6.07, 6.45) is 0.670. The molecule has 1 atom stereocenters. The molecule has 1 heterocycles. The third kappa shape index (κ3) is 3.55. The molecular weight excluding hydrogens is 269 g/mol. The van der Waals surface area contributed by atoms with Gasteiger partial charge in [-0.25, -0.2) is 4.39 Å². The van der Waals surface area contributed by atoms with E-state index in [1.165, 1.54) is 13.2 Å². The Balaban J connectivity index is 2.26. The summed E-state index contributed by atoms with van der Waals surface area (Å²) in [4.78, 5) is 0. The van der Waals surface area contributed by atoms with Crippen LogP contribution in [0.15, 0.2) is 24.3 Å². The van der Waals surface area contributed by atoms with Crippen LogP contribution in [0.5, 0.6) is 5.75 Å². The van der Waals surface area contributed by atoms with Gasteiger partial charge in [0, 0.05) is 6.04 Å². The second-order valence-electron chi connectivity index (χ2n) is 5.04. The fourth-order valence-electron chi connectivity index (χ4n) is 2.36. The van der Waals surface area contributed by atoms with E-state index in [-0.39, 0.29) is 17.6 Å². The highest BCUT2D eigenvalue weighted by atomic mass is 19.1.